The Hall–Kier alpha value is -2.10. The maximum atomic E-state index is 12.7. The van der Waals surface area contributed by atoms with Crippen molar-refractivity contribution in [3.05, 3.63) is 52.7 Å². The number of nitrogen functional groups attached to an aromatic ring is 1. The number of H-pyrrole nitrogens is 1. The zero-order chi connectivity index (χ0) is 10.8. The van der Waals surface area contributed by atoms with E-state index >= 15 is 0 Å². The number of anilines is 1. The Morgan fingerprint density at radius 3 is 2.40 bits per heavy atom. The van der Waals surface area contributed by atoms with Gasteiger partial charge in [-0.15, -0.1) is 0 Å². The summed E-state index contributed by atoms with van der Waals surface area (Å²) in [5, 5.41) is 0. The Labute approximate surface area is 85.4 Å². The van der Waals surface area contributed by atoms with Crippen molar-refractivity contribution in [2.24, 2.45) is 0 Å². The van der Waals surface area contributed by atoms with E-state index in [9.17, 15) is 9.18 Å². The van der Waals surface area contributed by atoms with E-state index in [1.54, 1.807) is 24.4 Å². The van der Waals surface area contributed by atoms with Crippen LogP contribution in [0.15, 0.2) is 41.3 Å². The molecule has 15 heavy (non-hydrogen) atoms. The van der Waals surface area contributed by atoms with Crippen molar-refractivity contribution >= 4 is 5.69 Å². The number of halogens is 1. The van der Waals surface area contributed by atoms with Gasteiger partial charge >= 0.3 is 0 Å². The number of rotatable bonds is 1. The summed E-state index contributed by atoms with van der Waals surface area (Å²) < 4.78 is 12.7. The third kappa shape index (κ3) is 1.88. The van der Waals surface area contributed by atoms with Crippen LogP contribution in [0, 0.1) is 5.82 Å². The maximum Gasteiger partial charge on any atom is 0.271 e. The molecule has 1 aromatic carbocycles. The third-order valence-electron chi connectivity index (χ3n) is 2.11. The van der Waals surface area contributed by atoms with Gasteiger partial charge in [0.15, 0.2) is 0 Å². The zero-order valence-corrected chi connectivity index (χ0v) is 7.83. The van der Waals surface area contributed by atoms with Crippen LogP contribution in [0.2, 0.25) is 0 Å². The van der Waals surface area contributed by atoms with Gasteiger partial charge in [-0.3, -0.25) is 4.79 Å². The highest BCUT2D eigenvalue weighted by Crippen LogP contribution is 2.18. The van der Waals surface area contributed by atoms with Crippen LogP contribution in [0.1, 0.15) is 0 Å². The van der Waals surface area contributed by atoms with Crippen molar-refractivity contribution in [2.75, 3.05) is 5.73 Å². The molecule has 0 spiro atoms. The smallest absolute Gasteiger partial charge is 0.271 e. The van der Waals surface area contributed by atoms with Crippen LogP contribution in [0.5, 0.6) is 0 Å². The van der Waals surface area contributed by atoms with Gasteiger partial charge in [-0.05, 0) is 23.8 Å². The molecule has 0 fully saturated rings. The van der Waals surface area contributed by atoms with Crippen molar-refractivity contribution < 1.29 is 4.39 Å². The molecule has 0 radical (unpaired) electrons. The fourth-order valence-corrected chi connectivity index (χ4v) is 1.31. The number of hydrogen-bond acceptors (Lipinski definition) is 2. The molecule has 3 N–H and O–H groups in total. The predicted molar refractivity (Wildman–Crippen MR) is 56.9 cm³/mol. The molecule has 3 nitrogen and oxygen atoms in total. The maximum absolute atomic E-state index is 12.7. The Morgan fingerprint density at radius 2 is 1.80 bits per heavy atom. The van der Waals surface area contributed by atoms with Crippen LogP contribution in [0.3, 0.4) is 0 Å². The second-order valence-corrected chi connectivity index (χ2v) is 3.18. The molecule has 0 bridgehead atoms. The number of aromatic nitrogens is 1. The molecule has 0 atom stereocenters. The Balaban J connectivity index is 2.50. The first-order chi connectivity index (χ1) is 7.16. The summed E-state index contributed by atoms with van der Waals surface area (Å²) in [6.07, 6.45) is 1.55. The topological polar surface area (TPSA) is 58.9 Å². The molecule has 0 aliphatic carbocycles. The SMILES string of the molecule is Nc1cc(-c2ccc(F)cc2)c[nH]c1=O. The highest BCUT2D eigenvalue weighted by atomic mass is 19.1. The van der Waals surface area contributed by atoms with Crippen LogP contribution in [-0.4, -0.2) is 4.98 Å². The average Bonchev–Trinajstić information content (AvgIpc) is 2.23. The van der Waals surface area contributed by atoms with E-state index < -0.39 is 0 Å². The van der Waals surface area contributed by atoms with E-state index in [1.165, 1.54) is 12.1 Å². The van der Waals surface area contributed by atoms with Crippen LogP contribution < -0.4 is 11.3 Å². The molecule has 0 amide bonds. The molecule has 2 aromatic rings. The molecule has 76 valence electrons. The first kappa shape index (κ1) is 9.45. The summed E-state index contributed by atoms with van der Waals surface area (Å²) in [6.45, 7) is 0. The molecule has 1 heterocycles. The average molecular weight is 204 g/mol. The third-order valence-corrected chi connectivity index (χ3v) is 2.11. The molecular weight excluding hydrogens is 195 g/mol. The Kier molecular flexibility index (Phi) is 2.25. The highest BCUT2D eigenvalue weighted by Gasteiger charge is 2.00. The number of benzene rings is 1. The van der Waals surface area contributed by atoms with Gasteiger partial charge in [0.2, 0.25) is 0 Å². The molecule has 0 saturated carbocycles. The van der Waals surface area contributed by atoms with E-state index in [0.29, 0.717) is 0 Å². The lowest BCUT2D eigenvalue weighted by Crippen LogP contribution is -2.10. The molecule has 0 aliphatic rings. The first-order valence-corrected chi connectivity index (χ1v) is 4.41. The standard InChI is InChI=1S/C11H9FN2O/c12-9-3-1-7(2-4-9)8-5-10(13)11(15)14-6-8/h1-6H,13H2,(H,14,15). The van der Waals surface area contributed by atoms with Gasteiger partial charge in [-0.2, -0.15) is 0 Å². The zero-order valence-electron chi connectivity index (χ0n) is 7.83. The van der Waals surface area contributed by atoms with Crippen molar-refractivity contribution in [3.8, 4) is 11.1 Å². The summed E-state index contributed by atoms with van der Waals surface area (Å²) in [5.41, 5.74) is 6.86. The molecule has 0 aliphatic heterocycles. The largest absolute Gasteiger partial charge is 0.394 e. The molecule has 1 aromatic heterocycles. The van der Waals surface area contributed by atoms with Crippen molar-refractivity contribution in [2.45, 2.75) is 0 Å². The second-order valence-electron chi connectivity index (χ2n) is 3.18. The Morgan fingerprint density at radius 1 is 1.13 bits per heavy atom. The van der Waals surface area contributed by atoms with E-state index in [-0.39, 0.29) is 17.1 Å². The van der Waals surface area contributed by atoms with Gasteiger partial charge in [0.25, 0.3) is 5.56 Å². The fourth-order valence-electron chi connectivity index (χ4n) is 1.31. The van der Waals surface area contributed by atoms with Crippen LogP contribution in [0.4, 0.5) is 10.1 Å². The number of hydrogen-bond donors (Lipinski definition) is 2. The highest BCUT2D eigenvalue weighted by molar-refractivity contribution is 5.65. The summed E-state index contributed by atoms with van der Waals surface area (Å²) in [5.74, 6) is -0.295. The van der Waals surface area contributed by atoms with Gasteiger partial charge < -0.3 is 10.7 Å². The fraction of sp³-hybridized carbons (Fsp3) is 0. The minimum absolute atomic E-state index is 0.150. The molecule has 4 heteroatoms. The summed E-state index contributed by atoms with van der Waals surface area (Å²) >= 11 is 0. The second kappa shape index (κ2) is 3.57. The van der Waals surface area contributed by atoms with Gasteiger partial charge in [0, 0.05) is 11.8 Å². The van der Waals surface area contributed by atoms with Gasteiger partial charge in [-0.25, -0.2) is 4.39 Å². The lowest BCUT2D eigenvalue weighted by molar-refractivity contribution is 0.628. The minimum Gasteiger partial charge on any atom is -0.394 e. The molecular formula is C11H9FN2O. The van der Waals surface area contributed by atoms with E-state index in [1.807, 2.05) is 0 Å². The molecule has 2 rings (SSSR count). The van der Waals surface area contributed by atoms with Crippen LogP contribution >= 0.6 is 0 Å². The van der Waals surface area contributed by atoms with Crippen LogP contribution in [0.25, 0.3) is 11.1 Å². The van der Waals surface area contributed by atoms with E-state index in [2.05, 4.69) is 4.98 Å². The summed E-state index contributed by atoms with van der Waals surface area (Å²) in [4.78, 5) is 13.5. The van der Waals surface area contributed by atoms with Crippen molar-refractivity contribution in [1.29, 1.82) is 0 Å². The summed E-state index contributed by atoms with van der Waals surface area (Å²) in [7, 11) is 0. The molecule has 0 unspecified atom stereocenters. The summed E-state index contributed by atoms with van der Waals surface area (Å²) in [6, 6.07) is 7.53. The lowest BCUT2D eigenvalue weighted by atomic mass is 10.1. The first-order valence-electron chi connectivity index (χ1n) is 4.41. The lowest BCUT2D eigenvalue weighted by Gasteiger charge is -2.01. The quantitative estimate of drug-likeness (QED) is 0.743. The Bertz CT molecular complexity index is 531. The number of nitrogens with two attached hydrogens (primary N) is 1. The van der Waals surface area contributed by atoms with Gasteiger partial charge in [-0.1, -0.05) is 12.1 Å². The van der Waals surface area contributed by atoms with Gasteiger partial charge in [0.05, 0.1) is 5.69 Å². The monoisotopic (exact) mass is 204 g/mol. The molecule has 0 saturated heterocycles. The van der Waals surface area contributed by atoms with Gasteiger partial charge in [0.1, 0.15) is 5.82 Å². The van der Waals surface area contributed by atoms with Crippen molar-refractivity contribution in [1.82, 2.24) is 4.98 Å². The van der Waals surface area contributed by atoms with Crippen LogP contribution in [-0.2, 0) is 0 Å². The predicted octanol–water partition coefficient (Wildman–Crippen LogP) is 1.76. The number of pyridine rings is 1. The normalized spacial score (nSPS) is 10.2. The number of aromatic amines is 1. The van der Waals surface area contributed by atoms with E-state index in [4.69, 9.17) is 5.73 Å². The number of nitrogens with one attached hydrogen (secondary N) is 1. The van der Waals surface area contributed by atoms with E-state index in [0.717, 1.165) is 11.1 Å². The van der Waals surface area contributed by atoms with Crippen molar-refractivity contribution in [3.63, 3.8) is 0 Å². The minimum atomic E-state index is -0.319.